The van der Waals surface area contributed by atoms with Crippen molar-refractivity contribution in [2.24, 2.45) is 23.7 Å². The molecule has 318 valence electrons. The lowest BCUT2D eigenvalue weighted by Gasteiger charge is -2.25. The first-order valence-corrected chi connectivity index (χ1v) is 21.6. The van der Waals surface area contributed by atoms with Gasteiger partial charge in [0.25, 0.3) is 0 Å². The molecule has 2 N–H and O–H groups in total. The number of ether oxygens (including phenoxy) is 2. The lowest BCUT2D eigenvalue weighted by atomic mass is 9.85. The highest BCUT2D eigenvalue weighted by Crippen LogP contribution is 2.33. The van der Waals surface area contributed by atoms with E-state index in [4.69, 9.17) is 29.5 Å². The molecule has 2 saturated heterocycles. The quantitative estimate of drug-likeness (QED) is 0.0155. The second-order valence-corrected chi connectivity index (χ2v) is 15.7. The number of carboxylic acid groups (broad SMARTS) is 2. The van der Waals surface area contributed by atoms with Crippen LogP contribution in [0.2, 0.25) is 0 Å². The van der Waals surface area contributed by atoms with Gasteiger partial charge >= 0.3 is 35.8 Å². The molecule has 0 radical (unpaired) electrons. The maximum absolute atomic E-state index is 12.6. The average molecular weight is 791 g/mol. The smallest absolute Gasteiger partial charge is 0.317 e. The van der Waals surface area contributed by atoms with E-state index < -0.39 is 47.7 Å². The predicted molar refractivity (Wildman–Crippen MR) is 211 cm³/mol. The van der Waals surface area contributed by atoms with Gasteiger partial charge in [-0.3, -0.25) is 28.8 Å². The van der Waals surface area contributed by atoms with Gasteiger partial charge in [0.05, 0.1) is 36.9 Å². The van der Waals surface area contributed by atoms with Crippen molar-refractivity contribution in [3.63, 3.8) is 0 Å². The van der Waals surface area contributed by atoms with E-state index in [-0.39, 0.29) is 49.7 Å². The van der Waals surface area contributed by atoms with Crippen molar-refractivity contribution >= 4 is 35.8 Å². The summed E-state index contributed by atoms with van der Waals surface area (Å²) >= 11 is 0. The van der Waals surface area contributed by atoms with Crippen LogP contribution in [0, 0.1) is 23.7 Å². The number of cyclic esters (lactones) is 4. The van der Waals surface area contributed by atoms with E-state index in [2.05, 4.69) is 26.0 Å². The lowest BCUT2D eigenvalue weighted by molar-refractivity contribution is -0.355. The van der Waals surface area contributed by atoms with Crippen LogP contribution in [0.4, 0.5) is 0 Å². The lowest BCUT2D eigenvalue weighted by Crippen LogP contribution is -2.25. The van der Waals surface area contributed by atoms with E-state index in [1.807, 2.05) is 12.2 Å². The van der Waals surface area contributed by atoms with Gasteiger partial charge in [0, 0.05) is 12.8 Å². The predicted octanol–water partition coefficient (Wildman–Crippen LogP) is 9.77. The highest BCUT2D eigenvalue weighted by molar-refractivity contribution is 5.95. The first kappa shape index (κ1) is 48.8. The minimum absolute atomic E-state index is 0.0690. The minimum atomic E-state index is -0.769. The topological polar surface area (TPSA) is 180 Å². The third-order valence-corrected chi connectivity index (χ3v) is 10.8. The summed E-state index contributed by atoms with van der Waals surface area (Å²) in [6.07, 6.45) is 26.5. The molecule has 0 spiro atoms. The van der Waals surface area contributed by atoms with Crippen molar-refractivity contribution in [2.75, 3.05) is 0 Å². The van der Waals surface area contributed by atoms with E-state index in [1.54, 1.807) is 0 Å². The average Bonchev–Trinajstić information content (AvgIpc) is 3.68. The van der Waals surface area contributed by atoms with Gasteiger partial charge in [0.1, 0.15) is 0 Å². The monoisotopic (exact) mass is 790 g/mol. The van der Waals surface area contributed by atoms with Gasteiger partial charge < -0.3 is 19.7 Å². The number of esters is 4. The van der Waals surface area contributed by atoms with Gasteiger partial charge in [-0.05, 0) is 76.0 Å². The number of rotatable bonds is 35. The Balaban J connectivity index is 2.14. The number of aliphatic carboxylic acids is 2. The van der Waals surface area contributed by atoms with Crippen molar-refractivity contribution in [1.82, 2.24) is 0 Å². The number of hydrogen-bond donors (Lipinski definition) is 2. The molecule has 2 rings (SSSR count). The number of carboxylic acids is 2. The zero-order valence-corrected chi connectivity index (χ0v) is 34.1. The van der Waals surface area contributed by atoms with Gasteiger partial charge in [0.2, 0.25) is 0 Å². The summed E-state index contributed by atoms with van der Waals surface area (Å²) < 4.78 is 9.83. The molecule has 2 aliphatic rings. The molecule has 56 heavy (non-hydrogen) atoms. The van der Waals surface area contributed by atoms with Crippen LogP contribution < -0.4 is 0 Å². The number of allylic oxidation sites excluding steroid dienone is 4. The van der Waals surface area contributed by atoms with Gasteiger partial charge in [0.15, 0.2) is 0 Å². The van der Waals surface area contributed by atoms with E-state index in [1.165, 1.54) is 0 Å². The molecule has 0 amide bonds. The molecular weight excluding hydrogens is 720 g/mol. The number of carbonyl (C=O) groups is 6. The van der Waals surface area contributed by atoms with Crippen LogP contribution in [-0.4, -0.2) is 58.2 Å². The molecule has 0 aromatic carbocycles. The molecule has 0 saturated carbocycles. The van der Waals surface area contributed by atoms with Crippen LogP contribution in [0.1, 0.15) is 181 Å². The van der Waals surface area contributed by atoms with Crippen LogP contribution in [0.25, 0.3) is 0 Å². The molecule has 0 aromatic rings. The molecule has 12 heteroatoms. The van der Waals surface area contributed by atoms with Crippen molar-refractivity contribution in [1.29, 1.82) is 0 Å². The van der Waals surface area contributed by atoms with Crippen molar-refractivity contribution in [3.05, 3.63) is 24.3 Å². The van der Waals surface area contributed by atoms with Crippen LogP contribution in [0.3, 0.4) is 0 Å². The van der Waals surface area contributed by atoms with Crippen LogP contribution in [-0.2, 0) is 48.0 Å². The van der Waals surface area contributed by atoms with E-state index in [0.29, 0.717) is 38.5 Å². The Labute approximate surface area is 334 Å². The second-order valence-electron chi connectivity index (χ2n) is 15.7. The molecule has 2 aliphatic heterocycles. The van der Waals surface area contributed by atoms with E-state index in [0.717, 1.165) is 103 Å². The zero-order chi connectivity index (χ0) is 41.0. The molecule has 0 bridgehead atoms. The van der Waals surface area contributed by atoms with Gasteiger partial charge in [-0.1, -0.05) is 115 Å². The highest BCUT2D eigenvalue weighted by Gasteiger charge is 2.39. The van der Waals surface area contributed by atoms with Gasteiger partial charge in [-0.15, -0.1) is 0 Å². The zero-order valence-electron chi connectivity index (χ0n) is 34.1. The van der Waals surface area contributed by atoms with Gasteiger partial charge in [-0.2, -0.15) is 0 Å². The Bertz CT molecular complexity index is 1150. The molecule has 2 fully saturated rings. The minimum Gasteiger partial charge on any atom is -0.481 e. The Hall–Kier alpha value is -3.38. The Morgan fingerprint density at radius 3 is 1.25 bits per heavy atom. The Kier molecular flexibility index (Phi) is 26.0. The van der Waals surface area contributed by atoms with Crippen molar-refractivity contribution in [2.45, 2.75) is 193 Å². The Morgan fingerprint density at radius 1 is 0.571 bits per heavy atom. The fraction of sp³-hybridized carbons (Fsp3) is 0.773. The summed E-state index contributed by atoms with van der Waals surface area (Å²) in [4.78, 5) is 83.5. The summed E-state index contributed by atoms with van der Waals surface area (Å²) in [5, 5.41) is 17.8. The first-order chi connectivity index (χ1) is 27.0. The maximum Gasteiger partial charge on any atom is 0.317 e. The van der Waals surface area contributed by atoms with Gasteiger partial charge in [-0.25, -0.2) is 9.78 Å². The maximum atomic E-state index is 12.6. The molecule has 0 aliphatic carbocycles. The summed E-state index contributed by atoms with van der Waals surface area (Å²) in [5.74, 6) is -4.86. The third-order valence-electron chi connectivity index (χ3n) is 10.8. The normalized spacial score (nSPS) is 19.5. The van der Waals surface area contributed by atoms with Crippen molar-refractivity contribution in [3.8, 4) is 0 Å². The second kappa shape index (κ2) is 29.8. The number of hydrogen-bond acceptors (Lipinski definition) is 10. The summed E-state index contributed by atoms with van der Waals surface area (Å²) in [7, 11) is 0. The summed E-state index contributed by atoms with van der Waals surface area (Å²) in [6.45, 7) is 4.17. The van der Waals surface area contributed by atoms with Crippen LogP contribution >= 0.6 is 0 Å². The first-order valence-electron chi connectivity index (χ1n) is 21.6. The molecule has 0 aromatic heterocycles. The van der Waals surface area contributed by atoms with Crippen LogP contribution in [0.5, 0.6) is 0 Å². The fourth-order valence-electron chi connectivity index (χ4n) is 7.48. The molecule has 6 atom stereocenters. The largest absolute Gasteiger partial charge is 0.481 e. The number of carbonyl (C=O) groups excluding carboxylic acids is 4. The molecule has 6 unspecified atom stereocenters. The standard InChI is InChI=1S/C44H70O12/c1-3-5-15-21-33(37-31-41(49)53-43(37)51)27-29-35(23-17-11-7-9-13-19-25-39(45)46)55-56-36(24-18-12-8-10-14-20-26-40(47)48)30-28-34(22-16-6-4-2)38-32-42(50)54-44(38)52/h15-16,21-22,33-38H,3-14,17-20,23-32H2,1-2H3,(H,45,46)(H,47,48)/b21-15+,22-16+. The summed E-state index contributed by atoms with van der Waals surface area (Å²) in [5.41, 5.74) is 0. The molecule has 2 heterocycles. The molecular formula is C44H70O12. The third kappa shape index (κ3) is 21.8. The fourth-order valence-corrected chi connectivity index (χ4v) is 7.48. The molecule has 12 nitrogen and oxygen atoms in total. The van der Waals surface area contributed by atoms with E-state index >= 15 is 0 Å². The van der Waals surface area contributed by atoms with E-state index in [9.17, 15) is 28.8 Å². The highest BCUT2D eigenvalue weighted by atomic mass is 17.2. The summed E-state index contributed by atoms with van der Waals surface area (Å²) in [6, 6.07) is 0. The SMILES string of the molecule is CCC/C=C/C(CCC(CCCCCCCCC(=O)O)OOC(CCCCCCCCC(=O)O)CCC(/C=C/CCC)C1CC(=O)OC1=O)C1CC(=O)OC1=O. The van der Waals surface area contributed by atoms with Crippen LogP contribution in [0.15, 0.2) is 24.3 Å². The number of unbranched alkanes of at least 4 members (excludes halogenated alkanes) is 12. The Morgan fingerprint density at radius 2 is 0.929 bits per heavy atom. The van der Waals surface area contributed by atoms with Crippen molar-refractivity contribution < 1.29 is 58.2 Å².